The number of non-ortho nitro benzene ring substituents is 1. The van der Waals surface area contributed by atoms with Crippen molar-refractivity contribution < 1.29 is 19.2 Å². The van der Waals surface area contributed by atoms with Crippen molar-refractivity contribution in [1.82, 2.24) is 4.90 Å². The molecule has 1 aliphatic rings. The predicted octanol–water partition coefficient (Wildman–Crippen LogP) is 4.31. The maximum Gasteiger partial charge on any atom is 0.269 e. The molecule has 0 bridgehead atoms. The number of nitrogens with zero attached hydrogens (tertiary/aromatic N) is 2. The number of ether oxygens (including phenoxy) is 2. The standard InChI is InChI=1S/C22H32N2O5/c1-8-14(2)20(28-13-18-9-11-19(12-10-18)24(26)27)15(3)21-16(4)23(17(5)25)22(6,7)29-21/h8-12,14-16,20-21H,1,13H2,2-7H3/t14-,15+,16+,20-,21+/m0/s1. The normalized spacial score (nSPS) is 24.0. The number of carbonyl (C=O) groups excluding carboxylic acids is 1. The van der Waals surface area contributed by atoms with Crippen molar-refractivity contribution in [3.05, 3.63) is 52.6 Å². The van der Waals surface area contributed by atoms with Gasteiger partial charge in [-0.2, -0.15) is 0 Å². The summed E-state index contributed by atoms with van der Waals surface area (Å²) in [5, 5.41) is 10.8. The average molecular weight is 405 g/mol. The summed E-state index contributed by atoms with van der Waals surface area (Å²) >= 11 is 0. The molecule has 0 aliphatic carbocycles. The second kappa shape index (κ2) is 9.05. The Morgan fingerprint density at radius 3 is 2.41 bits per heavy atom. The maximum atomic E-state index is 12.1. The first kappa shape index (κ1) is 23.0. The van der Waals surface area contributed by atoms with Crippen LogP contribution in [0, 0.1) is 22.0 Å². The first-order valence-corrected chi connectivity index (χ1v) is 9.94. The van der Waals surface area contributed by atoms with Gasteiger partial charge in [0.25, 0.3) is 5.69 Å². The lowest BCUT2D eigenvalue weighted by Crippen LogP contribution is -2.47. The van der Waals surface area contributed by atoms with E-state index in [-0.39, 0.29) is 41.7 Å². The smallest absolute Gasteiger partial charge is 0.269 e. The van der Waals surface area contributed by atoms with Gasteiger partial charge in [-0.3, -0.25) is 14.9 Å². The van der Waals surface area contributed by atoms with Crippen LogP contribution in [0.25, 0.3) is 0 Å². The summed E-state index contributed by atoms with van der Waals surface area (Å²) in [6.45, 7) is 15.7. The molecule has 0 unspecified atom stereocenters. The van der Waals surface area contributed by atoms with Crippen molar-refractivity contribution in [2.24, 2.45) is 11.8 Å². The molecule has 1 fully saturated rings. The topological polar surface area (TPSA) is 81.9 Å². The number of hydrogen-bond acceptors (Lipinski definition) is 5. The third kappa shape index (κ3) is 5.03. The van der Waals surface area contributed by atoms with Gasteiger partial charge in [-0.15, -0.1) is 6.58 Å². The van der Waals surface area contributed by atoms with Crippen LogP contribution in [-0.2, 0) is 20.9 Å². The van der Waals surface area contributed by atoms with Gasteiger partial charge >= 0.3 is 0 Å². The maximum absolute atomic E-state index is 12.1. The molecule has 5 atom stereocenters. The SMILES string of the molecule is C=C[C@H](C)[C@H](OCc1ccc([N+](=O)[O-])cc1)[C@@H](C)[C@H]1OC(C)(C)N(C(C)=O)[C@@H]1C. The predicted molar refractivity (Wildman–Crippen MR) is 111 cm³/mol. The van der Waals surface area contributed by atoms with Gasteiger partial charge in [0.15, 0.2) is 0 Å². The number of benzene rings is 1. The van der Waals surface area contributed by atoms with Gasteiger partial charge in [-0.1, -0.05) is 19.9 Å². The molecule has 160 valence electrons. The zero-order chi connectivity index (χ0) is 21.9. The van der Waals surface area contributed by atoms with E-state index in [0.29, 0.717) is 6.61 Å². The van der Waals surface area contributed by atoms with E-state index in [4.69, 9.17) is 9.47 Å². The largest absolute Gasteiger partial charge is 0.373 e. The minimum absolute atomic E-state index is 0.000302. The Labute approximate surface area is 172 Å². The van der Waals surface area contributed by atoms with Crippen LogP contribution in [-0.4, -0.2) is 39.7 Å². The van der Waals surface area contributed by atoms with Gasteiger partial charge in [-0.25, -0.2) is 0 Å². The Hall–Kier alpha value is -2.25. The second-order valence-electron chi connectivity index (χ2n) is 8.31. The molecule has 1 heterocycles. The van der Waals surface area contributed by atoms with Crippen molar-refractivity contribution in [2.45, 2.75) is 72.1 Å². The van der Waals surface area contributed by atoms with Crippen molar-refractivity contribution in [2.75, 3.05) is 0 Å². The average Bonchev–Trinajstić information content (AvgIpc) is 2.90. The molecule has 1 amide bonds. The van der Waals surface area contributed by atoms with Crippen molar-refractivity contribution in [1.29, 1.82) is 0 Å². The number of carbonyl (C=O) groups is 1. The van der Waals surface area contributed by atoms with E-state index in [1.54, 1.807) is 24.0 Å². The highest BCUT2D eigenvalue weighted by Gasteiger charge is 2.50. The van der Waals surface area contributed by atoms with E-state index in [0.717, 1.165) is 5.56 Å². The lowest BCUT2D eigenvalue weighted by Gasteiger charge is -2.33. The Morgan fingerprint density at radius 1 is 1.38 bits per heavy atom. The molecule has 1 aromatic carbocycles. The minimum Gasteiger partial charge on any atom is -0.373 e. The number of hydrogen-bond donors (Lipinski definition) is 0. The molecule has 0 saturated carbocycles. The lowest BCUT2D eigenvalue weighted by atomic mass is 9.86. The first-order valence-electron chi connectivity index (χ1n) is 9.94. The Kier molecular flexibility index (Phi) is 7.19. The molecule has 1 aliphatic heterocycles. The molecule has 0 aromatic heterocycles. The molecule has 1 aromatic rings. The second-order valence-corrected chi connectivity index (χ2v) is 8.31. The van der Waals surface area contributed by atoms with Gasteiger partial charge in [-0.05, 0) is 38.5 Å². The minimum atomic E-state index is -0.676. The van der Waals surface area contributed by atoms with Gasteiger partial charge in [0.05, 0.1) is 29.8 Å². The highest BCUT2D eigenvalue weighted by atomic mass is 16.6. The van der Waals surface area contributed by atoms with Crippen LogP contribution in [0.4, 0.5) is 5.69 Å². The quantitative estimate of drug-likeness (QED) is 0.366. The molecule has 0 spiro atoms. The number of rotatable bonds is 8. The number of amides is 1. The summed E-state index contributed by atoms with van der Waals surface area (Å²) < 4.78 is 12.5. The Morgan fingerprint density at radius 2 is 1.97 bits per heavy atom. The molecule has 0 N–H and O–H groups in total. The van der Waals surface area contributed by atoms with Crippen molar-refractivity contribution in [3.63, 3.8) is 0 Å². The van der Waals surface area contributed by atoms with E-state index < -0.39 is 10.6 Å². The highest BCUT2D eigenvalue weighted by molar-refractivity contribution is 5.74. The summed E-state index contributed by atoms with van der Waals surface area (Å²) in [7, 11) is 0. The van der Waals surface area contributed by atoms with Crippen LogP contribution >= 0.6 is 0 Å². The van der Waals surface area contributed by atoms with Crippen LogP contribution in [0.1, 0.15) is 47.1 Å². The zero-order valence-electron chi connectivity index (χ0n) is 18.1. The van der Waals surface area contributed by atoms with E-state index in [1.807, 2.05) is 33.8 Å². The first-order chi connectivity index (χ1) is 13.5. The van der Waals surface area contributed by atoms with Crippen LogP contribution in [0.15, 0.2) is 36.9 Å². The van der Waals surface area contributed by atoms with E-state index in [1.165, 1.54) is 12.1 Å². The fourth-order valence-electron chi connectivity index (χ4n) is 4.35. The Balaban J connectivity index is 2.16. The van der Waals surface area contributed by atoms with Crippen LogP contribution in [0.5, 0.6) is 0 Å². The third-order valence-corrected chi connectivity index (χ3v) is 5.74. The van der Waals surface area contributed by atoms with Crippen molar-refractivity contribution >= 4 is 11.6 Å². The molecule has 7 heteroatoms. The summed E-state index contributed by atoms with van der Waals surface area (Å²) in [5.41, 5.74) is 0.234. The highest BCUT2D eigenvalue weighted by Crippen LogP contribution is 2.38. The van der Waals surface area contributed by atoms with E-state index in [9.17, 15) is 14.9 Å². The van der Waals surface area contributed by atoms with Gasteiger partial charge in [0.2, 0.25) is 5.91 Å². The van der Waals surface area contributed by atoms with Crippen LogP contribution in [0.2, 0.25) is 0 Å². The van der Waals surface area contributed by atoms with Gasteiger partial charge < -0.3 is 14.4 Å². The molecule has 0 radical (unpaired) electrons. The lowest BCUT2D eigenvalue weighted by molar-refractivity contribution is -0.384. The Bertz CT molecular complexity index is 746. The number of nitro benzene ring substituents is 1. The molecular weight excluding hydrogens is 372 g/mol. The summed E-state index contributed by atoms with van der Waals surface area (Å²) in [6, 6.07) is 6.27. The van der Waals surface area contributed by atoms with Gasteiger partial charge in [0, 0.05) is 30.9 Å². The molecule has 2 rings (SSSR count). The van der Waals surface area contributed by atoms with Crippen molar-refractivity contribution in [3.8, 4) is 0 Å². The molecular formula is C22H32N2O5. The van der Waals surface area contributed by atoms with Crippen LogP contribution < -0.4 is 0 Å². The zero-order valence-corrected chi connectivity index (χ0v) is 18.1. The van der Waals surface area contributed by atoms with Gasteiger partial charge in [0.1, 0.15) is 5.72 Å². The van der Waals surface area contributed by atoms with Crippen LogP contribution in [0.3, 0.4) is 0 Å². The molecule has 29 heavy (non-hydrogen) atoms. The molecule has 1 saturated heterocycles. The van der Waals surface area contributed by atoms with E-state index >= 15 is 0 Å². The number of nitro groups is 1. The third-order valence-electron chi connectivity index (χ3n) is 5.74. The monoisotopic (exact) mass is 404 g/mol. The fourth-order valence-corrected chi connectivity index (χ4v) is 4.35. The summed E-state index contributed by atoms with van der Waals surface area (Å²) in [4.78, 5) is 24.3. The summed E-state index contributed by atoms with van der Waals surface area (Å²) in [5.74, 6) is 0.0466. The fraction of sp³-hybridized carbons (Fsp3) is 0.591. The van der Waals surface area contributed by atoms with E-state index in [2.05, 4.69) is 13.5 Å². The summed E-state index contributed by atoms with van der Waals surface area (Å²) in [6.07, 6.45) is 1.49. The molecule has 7 nitrogen and oxygen atoms in total.